The summed E-state index contributed by atoms with van der Waals surface area (Å²) in [6.07, 6.45) is -5.17. The van der Waals surface area contributed by atoms with Crippen molar-refractivity contribution in [2.45, 2.75) is 30.7 Å². The van der Waals surface area contributed by atoms with E-state index in [0.29, 0.717) is 20.6 Å². The van der Waals surface area contributed by atoms with Gasteiger partial charge in [-0.25, -0.2) is 0 Å². The number of ether oxygens (including phenoxy) is 2. The van der Waals surface area contributed by atoms with Gasteiger partial charge in [-0.1, -0.05) is 11.6 Å². The normalized spacial score (nSPS) is 31.5. The minimum Gasteiger partial charge on any atom is -0.460 e. The van der Waals surface area contributed by atoms with Crippen LogP contribution in [-0.2, 0) is 4.74 Å². The number of H-pyrrole nitrogens is 1. The van der Waals surface area contributed by atoms with Crippen LogP contribution in [0.2, 0.25) is 5.02 Å². The van der Waals surface area contributed by atoms with E-state index in [9.17, 15) is 20.4 Å². The Morgan fingerprint density at radius 2 is 1.96 bits per heavy atom. The Bertz CT molecular complexity index is 708. The minimum atomic E-state index is -1.50. The lowest BCUT2D eigenvalue weighted by molar-refractivity contribution is -0.277. The molecule has 1 saturated heterocycles. The summed E-state index contributed by atoms with van der Waals surface area (Å²) < 4.78 is 11.6. The van der Waals surface area contributed by atoms with E-state index >= 15 is 0 Å². The van der Waals surface area contributed by atoms with E-state index in [2.05, 4.69) is 20.9 Å². The quantitative estimate of drug-likeness (QED) is 0.512. The van der Waals surface area contributed by atoms with Crippen LogP contribution in [-0.4, -0.2) is 62.7 Å². The van der Waals surface area contributed by atoms with Crippen LogP contribution in [0.15, 0.2) is 22.8 Å². The number of benzene rings is 1. The van der Waals surface area contributed by atoms with Crippen LogP contribution in [0.1, 0.15) is 0 Å². The van der Waals surface area contributed by atoms with Crippen molar-refractivity contribution in [1.82, 2.24) is 4.98 Å². The van der Waals surface area contributed by atoms with Gasteiger partial charge in [0.25, 0.3) is 0 Å². The maximum absolute atomic E-state index is 10.0. The highest BCUT2D eigenvalue weighted by atomic mass is 79.9. The molecule has 5 N–H and O–H groups in total. The molecule has 0 aliphatic carbocycles. The van der Waals surface area contributed by atoms with Gasteiger partial charge in [-0.15, -0.1) is 0 Å². The number of aliphatic hydroxyl groups excluding tert-OH is 4. The zero-order valence-electron chi connectivity index (χ0n) is 11.7. The lowest BCUT2D eigenvalue weighted by Crippen LogP contribution is -2.60. The van der Waals surface area contributed by atoms with E-state index in [1.165, 1.54) is 0 Å². The SMILES string of the molecule is OC[C@H]1O[C@@H](Oc2c[nH]c3ccc(Br)c(Cl)c23)[C@H](O)[C@H](O)[C@H]1O. The van der Waals surface area contributed by atoms with Crippen molar-refractivity contribution in [3.8, 4) is 5.75 Å². The van der Waals surface area contributed by atoms with Gasteiger partial charge in [0.1, 0.15) is 30.2 Å². The second kappa shape index (κ2) is 6.56. The zero-order valence-corrected chi connectivity index (χ0v) is 14.0. The van der Waals surface area contributed by atoms with Gasteiger partial charge in [0.05, 0.1) is 22.5 Å². The molecule has 0 bridgehead atoms. The van der Waals surface area contributed by atoms with Crippen LogP contribution in [0.4, 0.5) is 0 Å². The summed E-state index contributed by atoms with van der Waals surface area (Å²) in [6.45, 7) is -0.523. The molecule has 7 nitrogen and oxygen atoms in total. The highest BCUT2D eigenvalue weighted by Crippen LogP contribution is 2.38. The van der Waals surface area contributed by atoms with Gasteiger partial charge in [0.2, 0.25) is 6.29 Å². The molecule has 9 heteroatoms. The Kier molecular flexibility index (Phi) is 4.84. The smallest absolute Gasteiger partial charge is 0.229 e. The largest absolute Gasteiger partial charge is 0.460 e. The predicted molar refractivity (Wildman–Crippen MR) is 85.4 cm³/mol. The fourth-order valence-electron chi connectivity index (χ4n) is 2.51. The van der Waals surface area contributed by atoms with Crippen molar-refractivity contribution in [2.24, 2.45) is 0 Å². The summed E-state index contributed by atoms with van der Waals surface area (Å²) >= 11 is 9.58. The second-order valence-electron chi connectivity index (χ2n) is 5.25. The maximum Gasteiger partial charge on any atom is 0.229 e. The van der Waals surface area contributed by atoms with E-state index in [-0.39, 0.29) is 0 Å². The molecule has 0 spiro atoms. The topological polar surface area (TPSA) is 115 Å². The number of hydrogen-bond donors (Lipinski definition) is 5. The van der Waals surface area contributed by atoms with Crippen molar-refractivity contribution >= 4 is 38.4 Å². The van der Waals surface area contributed by atoms with Crippen molar-refractivity contribution in [3.05, 3.63) is 27.8 Å². The first-order valence-electron chi connectivity index (χ1n) is 6.86. The van der Waals surface area contributed by atoms with Gasteiger partial charge in [0, 0.05) is 10.7 Å². The molecule has 3 rings (SSSR count). The number of aromatic amines is 1. The molecule has 2 heterocycles. The Morgan fingerprint density at radius 1 is 1.22 bits per heavy atom. The molecule has 1 aliphatic heterocycles. The van der Waals surface area contributed by atoms with Crippen molar-refractivity contribution < 1.29 is 29.9 Å². The van der Waals surface area contributed by atoms with Gasteiger partial charge in [-0.05, 0) is 28.1 Å². The number of nitrogens with one attached hydrogen (secondary N) is 1. The van der Waals surface area contributed by atoms with Gasteiger partial charge < -0.3 is 34.9 Å². The molecular weight excluding hydrogens is 394 g/mol. The van der Waals surface area contributed by atoms with Crippen LogP contribution in [0.25, 0.3) is 10.9 Å². The van der Waals surface area contributed by atoms with Crippen LogP contribution in [0, 0.1) is 0 Å². The fraction of sp³-hybridized carbons (Fsp3) is 0.429. The molecule has 23 heavy (non-hydrogen) atoms. The number of aliphatic hydroxyl groups is 4. The lowest BCUT2D eigenvalue weighted by Gasteiger charge is -2.39. The van der Waals surface area contributed by atoms with Crippen molar-refractivity contribution in [3.63, 3.8) is 0 Å². The molecule has 5 atom stereocenters. The van der Waals surface area contributed by atoms with Gasteiger partial charge in [0.15, 0.2) is 0 Å². The van der Waals surface area contributed by atoms with Crippen LogP contribution >= 0.6 is 27.5 Å². The molecule has 1 aliphatic rings. The van der Waals surface area contributed by atoms with Crippen LogP contribution in [0.5, 0.6) is 5.75 Å². The molecule has 2 aromatic rings. The molecule has 126 valence electrons. The molecule has 1 aromatic heterocycles. The molecular formula is C14H15BrClNO6. The summed E-state index contributed by atoms with van der Waals surface area (Å²) in [5.41, 5.74) is 0.720. The molecule has 0 radical (unpaired) electrons. The van der Waals surface area contributed by atoms with E-state index < -0.39 is 37.3 Å². The van der Waals surface area contributed by atoms with E-state index in [4.69, 9.17) is 21.1 Å². The minimum absolute atomic E-state index is 0.315. The third-order valence-corrected chi connectivity index (χ3v) is 5.07. The summed E-state index contributed by atoms with van der Waals surface area (Å²) in [5, 5.41) is 39.8. The standard InChI is InChI=1S/C14H15BrClNO6/c15-5-1-2-6-9(10(5)16)7(3-17-6)22-14-13(21)12(20)11(19)8(4-18)23-14/h1-3,8,11-14,17-21H,4H2/t8-,11+,12-,13-,14-/m1/s1. The number of aromatic nitrogens is 1. The zero-order chi connectivity index (χ0) is 16.7. The first-order chi connectivity index (χ1) is 10.9. The number of hydrogen-bond acceptors (Lipinski definition) is 6. The maximum atomic E-state index is 10.0. The predicted octanol–water partition coefficient (Wildman–Crippen LogP) is 0.762. The second-order valence-corrected chi connectivity index (χ2v) is 6.48. The fourth-order valence-corrected chi connectivity index (χ4v) is 3.10. The third-order valence-electron chi connectivity index (χ3n) is 3.79. The number of fused-ring (bicyclic) bond motifs is 1. The molecule has 0 amide bonds. The molecule has 0 unspecified atom stereocenters. The summed E-state index contributed by atoms with van der Waals surface area (Å²) in [6, 6.07) is 3.57. The van der Waals surface area contributed by atoms with Crippen LogP contribution in [0.3, 0.4) is 0 Å². The van der Waals surface area contributed by atoms with E-state index in [1.807, 2.05) is 0 Å². The van der Waals surface area contributed by atoms with Gasteiger partial charge in [-0.3, -0.25) is 0 Å². The Balaban J connectivity index is 1.91. The number of halogens is 2. The highest BCUT2D eigenvalue weighted by molar-refractivity contribution is 9.10. The third kappa shape index (κ3) is 2.96. The van der Waals surface area contributed by atoms with Crippen LogP contribution < -0.4 is 4.74 Å². The lowest BCUT2D eigenvalue weighted by atomic mass is 9.99. The summed E-state index contributed by atoms with van der Waals surface area (Å²) in [5.74, 6) is 0.315. The Morgan fingerprint density at radius 3 is 2.65 bits per heavy atom. The van der Waals surface area contributed by atoms with Crippen molar-refractivity contribution in [2.75, 3.05) is 6.61 Å². The molecule has 1 fully saturated rings. The molecule has 1 aromatic carbocycles. The number of rotatable bonds is 3. The average Bonchev–Trinajstić information content (AvgIpc) is 2.95. The Hall–Kier alpha value is -0.870. The molecule has 0 saturated carbocycles. The Labute approximate surface area is 144 Å². The van der Waals surface area contributed by atoms with E-state index in [0.717, 1.165) is 5.52 Å². The first kappa shape index (κ1) is 17.0. The highest BCUT2D eigenvalue weighted by Gasteiger charge is 2.44. The van der Waals surface area contributed by atoms with E-state index in [1.54, 1.807) is 18.3 Å². The summed E-state index contributed by atoms with van der Waals surface area (Å²) in [7, 11) is 0. The first-order valence-corrected chi connectivity index (χ1v) is 8.03. The summed E-state index contributed by atoms with van der Waals surface area (Å²) in [4.78, 5) is 2.98. The van der Waals surface area contributed by atoms with Gasteiger partial charge >= 0.3 is 0 Å². The van der Waals surface area contributed by atoms with Gasteiger partial charge in [-0.2, -0.15) is 0 Å². The van der Waals surface area contributed by atoms with Crippen molar-refractivity contribution in [1.29, 1.82) is 0 Å². The average molecular weight is 409 g/mol. The monoisotopic (exact) mass is 407 g/mol.